The fourth-order valence-corrected chi connectivity index (χ4v) is 3.10. The molecular formula is C17H12ClF3O. The number of benzene rings is 2. The fourth-order valence-electron chi connectivity index (χ4n) is 2.97. The quantitative estimate of drug-likeness (QED) is 0.779. The Morgan fingerprint density at radius 3 is 2.18 bits per heavy atom. The molecule has 1 aliphatic rings. The summed E-state index contributed by atoms with van der Waals surface area (Å²) in [5.74, 6) is 0. The third kappa shape index (κ3) is 2.23. The average Bonchev–Trinajstić information content (AvgIpc) is 2.68. The van der Waals surface area contributed by atoms with Gasteiger partial charge in [-0.15, -0.1) is 0 Å². The number of hydrogen-bond donors (Lipinski definition) is 1. The lowest BCUT2D eigenvalue weighted by Crippen LogP contribution is -2.21. The SMILES string of the molecule is CC1(O)C(c2ccc(Cl)cc2)=C(C(F)(F)F)c2ccccc21. The van der Waals surface area contributed by atoms with Crippen LogP contribution in [0, 0.1) is 0 Å². The van der Waals surface area contributed by atoms with Gasteiger partial charge < -0.3 is 5.11 Å². The minimum atomic E-state index is -4.56. The van der Waals surface area contributed by atoms with Gasteiger partial charge in [0.25, 0.3) is 0 Å². The normalized spacial score (nSPS) is 21.2. The predicted molar refractivity (Wildman–Crippen MR) is 80.3 cm³/mol. The third-order valence-electron chi connectivity index (χ3n) is 3.87. The Balaban J connectivity index is 2.35. The maximum atomic E-state index is 13.6. The number of hydrogen-bond acceptors (Lipinski definition) is 1. The van der Waals surface area contributed by atoms with E-state index in [2.05, 4.69) is 0 Å². The summed E-state index contributed by atoms with van der Waals surface area (Å²) >= 11 is 5.80. The summed E-state index contributed by atoms with van der Waals surface area (Å²) in [7, 11) is 0. The topological polar surface area (TPSA) is 20.2 Å². The molecule has 22 heavy (non-hydrogen) atoms. The number of allylic oxidation sites excluding steroid dienone is 1. The Morgan fingerprint density at radius 2 is 1.59 bits per heavy atom. The predicted octanol–water partition coefficient (Wildman–Crippen LogP) is 5.03. The summed E-state index contributed by atoms with van der Waals surface area (Å²) in [6.45, 7) is 1.38. The van der Waals surface area contributed by atoms with E-state index in [9.17, 15) is 18.3 Å². The molecule has 0 aromatic heterocycles. The lowest BCUT2D eigenvalue weighted by molar-refractivity contribution is -0.0686. The van der Waals surface area contributed by atoms with Crippen LogP contribution in [0.4, 0.5) is 13.2 Å². The summed E-state index contributed by atoms with van der Waals surface area (Å²) in [5, 5.41) is 11.2. The Hall–Kier alpha value is -1.78. The number of rotatable bonds is 1. The van der Waals surface area contributed by atoms with Crippen molar-refractivity contribution < 1.29 is 18.3 Å². The van der Waals surface area contributed by atoms with E-state index in [0.717, 1.165) is 0 Å². The van der Waals surface area contributed by atoms with Gasteiger partial charge in [-0.25, -0.2) is 0 Å². The van der Waals surface area contributed by atoms with Crippen LogP contribution in [0.1, 0.15) is 23.6 Å². The molecular weight excluding hydrogens is 313 g/mol. The highest BCUT2D eigenvalue weighted by atomic mass is 35.5. The summed E-state index contributed by atoms with van der Waals surface area (Å²) < 4.78 is 40.8. The van der Waals surface area contributed by atoms with E-state index in [0.29, 0.717) is 10.6 Å². The van der Waals surface area contributed by atoms with Gasteiger partial charge in [0.2, 0.25) is 0 Å². The van der Waals surface area contributed by atoms with E-state index in [1.54, 1.807) is 6.07 Å². The molecule has 3 rings (SSSR count). The van der Waals surface area contributed by atoms with Crippen LogP contribution in [0.15, 0.2) is 48.5 Å². The van der Waals surface area contributed by atoms with Crippen molar-refractivity contribution >= 4 is 22.7 Å². The molecule has 1 nitrogen and oxygen atoms in total. The first-order valence-corrected chi connectivity index (χ1v) is 7.01. The molecule has 2 aromatic rings. The van der Waals surface area contributed by atoms with Gasteiger partial charge in [0.05, 0.1) is 5.57 Å². The third-order valence-corrected chi connectivity index (χ3v) is 4.13. The number of halogens is 4. The van der Waals surface area contributed by atoms with Gasteiger partial charge in [-0.2, -0.15) is 13.2 Å². The Kier molecular flexibility index (Phi) is 3.34. The van der Waals surface area contributed by atoms with Crippen LogP contribution in [0.2, 0.25) is 5.02 Å². The molecule has 0 fully saturated rings. The van der Waals surface area contributed by atoms with Crippen molar-refractivity contribution in [3.63, 3.8) is 0 Å². The van der Waals surface area contributed by atoms with E-state index >= 15 is 0 Å². The van der Waals surface area contributed by atoms with Crippen molar-refractivity contribution in [2.45, 2.75) is 18.7 Å². The molecule has 114 valence electrons. The molecule has 0 saturated heterocycles. The smallest absolute Gasteiger partial charge is 0.381 e. The Morgan fingerprint density at radius 1 is 1.00 bits per heavy atom. The van der Waals surface area contributed by atoms with Crippen molar-refractivity contribution in [3.8, 4) is 0 Å². The first-order valence-electron chi connectivity index (χ1n) is 6.63. The Labute approximate surface area is 130 Å². The largest absolute Gasteiger partial charge is 0.417 e. The van der Waals surface area contributed by atoms with Gasteiger partial charge >= 0.3 is 6.18 Å². The molecule has 1 unspecified atom stereocenters. The van der Waals surface area contributed by atoms with E-state index in [1.165, 1.54) is 49.4 Å². The van der Waals surface area contributed by atoms with Crippen molar-refractivity contribution in [2.24, 2.45) is 0 Å². The van der Waals surface area contributed by atoms with Gasteiger partial charge in [-0.05, 0) is 35.7 Å². The van der Waals surface area contributed by atoms with Gasteiger partial charge in [-0.1, -0.05) is 48.0 Å². The summed E-state index contributed by atoms with van der Waals surface area (Å²) in [5.41, 5.74) is -2.07. The molecule has 5 heteroatoms. The second-order valence-electron chi connectivity index (χ2n) is 5.37. The van der Waals surface area contributed by atoms with E-state index < -0.39 is 17.4 Å². The van der Waals surface area contributed by atoms with Crippen LogP contribution in [-0.4, -0.2) is 11.3 Å². The summed E-state index contributed by atoms with van der Waals surface area (Å²) in [6.07, 6.45) is -4.56. The zero-order chi connectivity index (χ0) is 16.1. The zero-order valence-corrected chi connectivity index (χ0v) is 12.3. The van der Waals surface area contributed by atoms with Gasteiger partial charge in [0.15, 0.2) is 0 Å². The van der Waals surface area contributed by atoms with Crippen molar-refractivity contribution in [3.05, 3.63) is 70.2 Å². The number of alkyl halides is 3. The lowest BCUT2D eigenvalue weighted by atomic mass is 9.88. The van der Waals surface area contributed by atoms with Crippen LogP contribution < -0.4 is 0 Å². The highest BCUT2D eigenvalue weighted by molar-refractivity contribution is 6.30. The van der Waals surface area contributed by atoms with Crippen LogP contribution >= 0.6 is 11.6 Å². The molecule has 1 atom stereocenters. The zero-order valence-electron chi connectivity index (χ0n) is 11.6. The highest BCUT2D eigenvalue weighted by Crippen LogP contribution is 2.54. The molecule has 1 N–H and O–H groups in total. The molecule has 0 amide bonds. The van der Waals surface area contributed by atoms with Crippen molar-refractivity contribution in [2.75, 3.05) is 0 Å². The van der Waals surface area contributed by atoms with Gasteiger partial charge in [0.1, 0.15) is 5.60 Å². The average molecular weight is 325 g/mol. The first-order chi connectivity index (χ1) is 10.2. The van der Waals surface area contributed by atoms with E-state index in [4.69, 9.17) is 11.6 Å². The molecule has 1 aliphatic carbocycles. The number of fused-ring (bicyclic) bond motifs is 1. The lowest BCUT2D eigenvalue weighted by Gasteiger charge is -2.24. The Bertz CT molecular complexity index is 758. The maximum absolute atomic E-state index is 13.6. The number of aliphatic hydroxyl groups is 1. The van der Waals surface area contributed by atoms with E-state index in [-0.39, 0.29) is 16.7 Å². The van der Waals surface area contributed by atoms with Crippen LogP contribution in [0.5, 0.6) is 0 Å². The van der Waals surface area contributed by atoms with Crippen LogP contribution in [0.3, 0.4) is 0 Å². The molecule has 0 saturated carbocycles. The molecule has 0 bridgehead atoms. The second kappa shape index (κ2) is 4.86. The van der Waals surface area contributed by atoms with Gasteiger partial charge in [0, 0.05) is 10.6 Å². The molecule has 0 heterocycles. The summed E-state index contributed by atoms with van der Waals surface area (Å²) in [6, 6.07) is 12.1. The molecule has 2 aromatic carbocycles. The molecule has 0 aliphatic heterocycles. The standard InChI is InChI=1S/C17H12ClF3O/c1-16(22)13-5-3-2-4-12(13)15(17(19,20)21)14(16)10-6-8-11(18)9-7-10/h2-9,22H,1H3. The fraction of sp³-hybridized carbons (Fsp3) is 0.176. The summed E-state index contributed by atoms with van der Waals surface area (Å²) in [4.78, 5) is 0. The first kappa shape index (κ1) is 15.1. The van der Waals surface area contributed by atoms with Crippen molar-refractivity contribution in [1.29, 1.82) is 0 Å². The van der Waals surface area contributed by atoms with Crippen LogP contribution in [0.25, 0.3) is 11.1 Å². The molecule has 0 spiro atoms. The van der Waals surface area contributed by atoms with Crippen LogP contribution in [-0.2, 0) is 5.60 Å². The minimum absolute atomic E-state index is 0.0185. The van der Waals surface area contributed by atoms with E-state index in [1.807, 2.05) is 0 Å². The maximum Gasteiger partial charge on any atom is 0.417 e. The highest BCUT2D eigenvalue weighted by Gasteiger charge is 2.49. The monoisotopic (exact) mass is 324 g/mol. The molecule has 0 radical (unpaired) electrons. The second-order valence-corrected chi connectivity index (χ2v) is 5.81. The van der Waals surface area contributed by atoms with Crippen molar-refractivity contribution in [1.82, 2.24) is 0 Å². The minimum Gasteiger partial charge on any atom is -0.381 e. The van der Waals surface area contributed by atoms with Gasteiger partial charge in [-0.3, -0.25) is 0 Å².